The highest BCUT2D eigenvalue weighted by Crippen LogP contribution is 2.36. The molecular formula is C12H13ClF3NO2. The van der Waals surface area contributed by atoms with Crippen LogP contribution in [0.2, 0.25) is 5.02 Å². The zero-order valence-corrected chi connectivity index (χ0v) is 10.6. The second-order valence-corrected chi connectivity index (χ2v) is 4.84. The minimum Gasteiger partial charge on any atom is -0.475 e. The molecule has 1 fully saturated rings. The molecule has 0 bridgehead atoms. The van der Waals surface area contributed by atoms with Crippen LogP contribution in [0.1, 0.15) is 18.4 Å². The van der Waals surface area contributed by atoms with E-state index in [2.05, 4.69) is 6.07 Å². The summed E-state index contributed by atoms with van der Waals surface area (Å²) in [4.78, 5) is 8.90. The molecule has 1 aromatic carbocycles. The number of aliphatic carboxylic acids is 1. The van der Waals surface area contributed by atoms with Crippen LogP contribution in [0.3, 0.4) is 0 Å². The Morgan fingerprint density at radius 2 is 1.84 bits per heavy atom. The number of rotatable bonds is 2. The first-order chi connectivity index (χ1) is 8.64. The van der Waals surface area contributed by atoms with Crippen molar-refractivity contribution >= 4 is 17.6 Å². The predicted octanol–water partition coefficient (Wildman–Crippen LogP) is 3.01. The van der Waals surface area contributed by atoms with E-state index in [1.54, 1.807) is 0 Å². The maximum Gasteiger partial charge on any atom is 0.490 e. The van der Waals surface area contributed by atoms with Crippen molar-refractivity contribution in [3.05, 3.63) is 34.9 Å². The number of carboxylic acids is 1. The quantitative estimate of drug-likeness (QED) is 0.881. The van der Waals surface area contributed by atoms with E-state index in [1.807, 2.05) is 18.2 Å². The molecule has 0 aromatic heterocycles. The fourth-order valence-corrected chi connectivity index (χ4v) is 1.56. The summed E-state index contributed by atoms with van der Waals surface area (Å²) in [5, 5.41) is 7.97. The zero-order valence-electron chi connectivity index (χ0n) is 9.88. The zero-order chi connectivity index (χ0) is 14.7. The Kier molecular flexibility index (Phi) is 4.81. The van der Waals surface area contributed by atoms with Crippen molar-refractivity contribution < 1.29 is 23.1 Å². The van der Waals surface area contributed by atoms with Crippen molar-refractivity contribution in [2.45, 2.75) is 31.0 Å². The SMILES string of the molecule is NC1(Cc2ccccc2Cl)CC1.O=C(O)C(F)(F)F. The summed E-state index contributed by atoms with van der Waals surface area (Å²) >= 11 is 6.00. The van der Waals surface area contributed by atoms with Gasteiger partial charge in [0, 0.05) is 10.6 Å². The highest BCUT2D eigenvalue weighted by molar-refractivity contribution is 6.31. The Morgan fingerprint density at radius 1 is 1.37 bits per heavy atom. The highest BCUT2D eigenvalue weighted by atomic mass is 35.5. The average molecular weight is 296 g/mol. The van der Waals surface area contributed by atoms with Gasteiger partial charge in [0.05, 0.1) is 0 Å². The van der Waals surface area contributed by atoms with Gasteiger partial charge in [-0.1, -0.05) is 29.8 Å². The third-order valence-corrected chi connectivity index (χ3v) is 3.00. The summed E-state index contributed by atoms with van der Waals surface area (Å²) < 4.78 is 31.7. The Balaban J connectivity index is 0.000000224. The molecule has 2 rings (SSSR count). The van der Waals surface area contributed by atoms with Crippen LogP contribution in [-0.4, -0.2) is 22.8 Å². The molecule has 1 aliphatic rings. The number of carbonyl (C=O) groups is 1. The lowest BCUT2D eigenvalue weighted by molar-refractivity contribution is -0.192. The summed E-state index contributed by atoms with van der Waals surface area (Å²) in [5.41, 5.74) is 7.23. The molecule has 0 amide bonds. The topological polar surface area (TPSA) is 63.3 Å². The maximum absolute atomic E-state index is 10.6. The molecule has 3 N–H and O–H groups in total. The van der Waals surface area contributed by atoms with Gasteiger partial charge in [-0.3, -0.25) is 0 Å². The third kappa shape index (κ3) is 5.48. The average Bonchev–Trinajstić information content (AvgIpc) is 2.99. The van der Waals surface area contributed by atoms with Gasteiger partial charge in [0.2, 0.25) is 0 Å². The lowest BCUT2D eigenvalue weighted by Gasteiger charge is -2.09. The fraction of sp³-hybridized carbons (Fsp3) is 0.417. The fourth-order valence-electron chi connectivity index (χ4n) is 1.36. The van der Waals surface area contributed by atoms with E-state index in [-0.39, 0.29) is 5.54 Å². The van der Waals surface area contributed by atoms with E-state index < -0.39 is 12.1 Å². The smallest absolute Gasteiger partial charge is 0.475 e. The Bertz CT molecular complexity index is 459. The molecule has 1 aliphatic carbocycles. The third-order valence-electron chi connectivity index (χ3n) is 2.64. The van der Waals surface area contributed by atoms with Gasteiger partial charge in [-0.15, -0.1) is 0 Å². The van der Waals surface area contributed by atoms with Crippen molar-refractivity contribution in [2.75, 3.05) is 0 Å². The molecule has 1 aromatic rings. The van der Waals surface area contributed by atoms with E-state index in [0.29, 0.717) is 0 Å². The van der Waals surface area contributed by atoms with Gasteiger partial charge >= 0.3 is 12.1 Å². The molecule has 0 saturated heterocycles. The Morgan fingerprint density at radius 3 is 2.21 bits per heavy atom. The molecule has 106 valence electrons. The lowest BCUT2D eigenvalue weighted by Crippen LogP contribution is -2.24. The van der Waals surface area contributed by atoms with E-state index in [0.717, 1.165) is 24.3 Å². The van der Waals surface area contributed by atoms with Crippen molar-refractivity contribution in [3.63, 3.8) is 0 Å². The number of alkyl halides is 3. The molecule has 3 nitrogen and oxygen atoms in total. The minimum absolute atomic E-state index is 0.0605. The monoisotopic (exact) mass is 295 g/mol. The number of hydrogen-bond acceptors (Lipinski definition) is 2. The molecule has 0 heterocycles. The highest BCUT2D eigenvalue weighted by Gasteiger charge is 2.38. The van der Waals surface area contributed by atoms with E-state index in [1.165, 1.54) is 5.56 Å². The van der Waals surface area contributed by atoms with Crippen molar-refractivity contribution in [1.29, 1.82) is 0 Å². The molecule has 0 radical (unpaired) electrons. The van der Waals surface area contributed by atoms with Crippen LogP contribution in [0.25, 0.3) is 0 Å². The molecular weight excluding hydrogens is 283 g/mol. The summed E-state index contributed by atoms with van der Waals surface area (Å²) in [6.45, 7) is 0. The Hall–Kier alpha value is -1.27. The molecule has 0 spiro atoms. The number of carboxylic acid groups (broad SMARTS) is 1. The Labute approximate surface area is 113 Å². The van der Waals surface area contributed by atoms with Crippen LogP contribution in [0.4, 0.5) is 13.2 Å². The molecule has 19 heavy (non-hydrogen) atoms. The van der Waals surface area contributed by atoms with Crippen molar-refractivity contribution in [3.8, 4) is 0 Å². The summed E-state index contributed by atoms with van der Waals surface area (Å²) in [5.74, 6) is -2.76. The van der Waals surface area contributed by atoms with E-state index >= 15 is 0 Å². The van der Waals surface area contributed by atoms with Gasteiger partial charge in [0.1, 0.15) is 0 Å². The van der Waals surface area contributed by atoms with E-state index in [4.69, 9.17) is 27.2 Å². The maximum atomic E-state index is 10.6. The van der Waals surface area contributed by atoms with Gasteiger partial charge < -0.3 is 10.8 Å². The first-order valence-corrected chi connectivity index (χ1v) is 5.84. The molecule has 0 atom stereocenters. The second-order valence-electron chi connectivity index (χ2n) is 4.43. The number of hydrogen-bond donors (Lipinski definition) is 2. The first-order valence-electron chi connectivity index (χ1n) is 5.46. The number of halogens is 4. The van der Waals surface area contributed by atoms with Gasteiger partial charge in [-0.2, -0.15) is 13.2 Å². The molecule has 0 aliphatic heterocycles. The lowest BCUT2D eigenvalue weighted by atomic mass is 10.1. The second kappa shape index (κ2) is 5.79. The summed E-state index contributed by atoms with van der Waals surface area (Å²) in [6, 6.07) is 7.92. The van der Waals surface area contributed by atoms with Gasteiger partial charge in [0.25, 0.3) is 0 Å². The normalized spacial score (nSPS) is 16.3. The van der Waals surface area contributed by atoms with Gasteiger partial charge in [-0.05, 0) is 30.9 Å². The summed E-state index contributed by atoms with van der Waals surface area (Å²) in [7, 11) is 0. The largest absolute Gasteiger partial charge is 0.490 e. The van der Waals surface area contributed by atoms with Crippen LogP contribution >= 0.6 is 11.6 Å². The number of benzene rings is 1. The van der Waals surface area contributed by atoms with Crippen LogP contribution in [0, 0.1) is 0 Å². The van der Waals surface area contributed by atoms with Crippen LogP contribution in [0.15, 0.2) is 24.3 Å². The minimum atomic E-state index is -5.08. The molecule has 1 saturated carbocycles. The van der Waals surface area contributed by atoms with Crippen LogP contribution in [-0.2, 0) is 11.2 Å². The first kappa shape index (κ1) is 15.8. The summed E-state index contributed by atoms with van der Waals surface area (Å²) in [6.07, 6.45) is -1.89. The van der Waals surface area contributed by atoms with Crippen LogP contribution in [0.5, 0.6) is 0 Å². The predicted molar refractivity (Wildman–Crippen MR) is 65.0 cm³/mol. The van der Waals surface area contributed by atoms with Crippen LogP contribution < -0.4 is 5.73 Å². The van der Waals surface area contributed by atoms with Gasteiger partial charge in [0.15, 0.2) is 0 Å². The van der Waals surface area contributed by atoms with Crippen molar-refractivity contribution in [2.24, 2.45) is 5.73 Å². The molecule has 0 unspecified atom stereocenters. The van der Waals surface area contributed by atoms with Gasteiger partial charge in [-0.25, -0.2) is 4.79 Å². The number of nitrogens with two attached hydrogens (primary N) is 1. The van der Waals surface area contributed by atoms with E-state index in [9.17, 15) is 13.2 Å². The molecule has 7 heteroatoms. The van der Waals surface area contributed by atoms with Crippen molar-refractivity contribution in [1.82, 2.24) is 0 Å². The standard InChI is InChI=1S/C10H12ClN.C2HF3O2/c11-9-4-2-1-3-8(9)7-10(12)5-6-10;3-2(4,5)1(6)7/h1-4H,5-7,12H2;(H,6,7).